The van der Waals surface area contributed by atoms with E-state index < -0.39 is 11.9 Å². The minimum Gasteiger partial charge on any atom is -0.494 e. The molecule has 0 heterocycles. The largest absolute Gasteiger partial charge is 0.494 e. The zero-order chi connectivity index (χ0) is 32.5. The molecule has 0 bridgehead atoms. The van der Waals surface area contributed by atoms with Crippen LogP contribution in [-0.2, 0) is 19.0 Å². The van der Waals surface area contributed by atoms with E-state index in [1.807, 2.05) is 6.92 Å². The minimum absolute atomic E-state index is 0.167. The van der Waals surface area contributed by atoms with Gasteiger partial charge in [0, 0.05) is 12.7 Å². The molecule has 2 aromatic rings. The molecule has 0 N–H and O–H groups in total. The fourth-order valence-electron chi connectivity index (χ4n) is 4.51. The normalized spacial score (nSPS) is 11.4. The first kappa shape index (κ1) is 37.5. The fourth-order valence-corrected chi connectivity index (χ4v) is 4.51. The maximum atomic E-state index is 12.6. The predicted molar refractivity (Wildman–Crippen MR) is 176 cm³/mol. The summed E-state index contributed by atoms with van der Waals surface area (Å²) in [7, 11) is 0. The topological polar surface area (TPSA) is 97.4 Å². The Morgan fingerprint density at radius 2 is 1.16 bits per heavy atom. The first-order chi connectivity index (χ1) is 21.9. The lowest BCUT2D eigenvalue weighted by Gasteiger charge is -2.13. The zero-order valence-corrected chi connectivity index (χ0v) is 27.3. The average molecular weight is 625 g/mol. The Morgan fingerprint density at radius 1 is 0.644 bits per heavy atom. The highest BCUT2D eigenvalue weighted by Gasteiger charge is 2.13. The highest BCUT2D eigenvalue weighted by atomic mass is 16.6. The first-order valence-corrected chi connectivity index (χ1v) is 16.6. The number of unbranched alkanes of at least 4 members (excludes halogenated alkanes) is 11. The summed E-state index contributed by atoms with van der Waals surface area (Å²) in [6.45, 7) is 9.40. The van der Waals surface area contributed by atoms with E-state index in [-0.39, 0.29) is 18.7 Å². The van der Waals surface area contributed by atoms with Gasteiger partial charge in [-0.1, -0.05) is 77.7 Å². The van der Waals surface area contributed by atoms with E-state index >= 15 is 0 Å². The molecule has 0 aliphatic heterocycles. The van der Waals surface area contributed by atoms with Gasteiger partial charge in [0.15, 0.2) is 0 Å². The van der Waals surface area contributed by atoms with Crippen LogP contribution in [0, 0.1) is 0 Å². The van der Waals surface area contributed by atoms with Gasteiger partial charge < -0.3 is 23.7 Å². The van der Waals surface area contributed by atoms with Crippen molar-refractivity contribution in [2.75, 3.05) is 26.4 Å². The standard InChI is InChI=1S/C37H52O8/c1-4-6-7-15-26-41-30(3)29-44-36(39)31-20-24-34(25-21-31)45-37(40)32-18-22-33(23-19-32)42-27-16-13-11-9-8-10-12-14-17-28-43-35(38)5-2/h5,18-25,30H,2,4,6-17,26-29H2,1,3H3. The van der Waals surface area contributed by atoms with E-state index in [1.165, 1.54) is 44.6 Å². The highest BCUT2D eigenvalue weighted by Crippen LogP contribution is 2.18. The molecule has 0 amide bonds. The molecule has 0 aliphatic rings. The summed E-state index contributed by atoms with van der Waals surface area (Å²) in [5.74, 6) is -0.231. The van der Waals surface area contributed by atoms with Gasteiger partial charge in [-0.15, -0.1) is 0 Å². The number of rotatable bonds is 25. The van der Waals surface area contributed by atoms with Crippen LogP contribution >= 0.6 is 0 Å². The van der Waals surface area contributed by atoms with Crippen LogP contribution in [0.5, 0.6) is 11.5 Å². The number of carbonyl (C=O) groups is 3. The number of carbonyl (C=O) groups excluding carboxylic acids is 3. The fraction of sp³-hybridized carbons (Fsp3) is 0.541. The Hall–Kier alpha value is -3.65. The molecule has 0 saturated heterocycles. The lowest BCUT2D eigenvalue weighted by atomic mass is 10.1. The van der Waals surface area contributed by atoms with Crippen LogP contribution < -0.4 is 9.47 Å². The molecule has 0 spiro atoms. The van der Waals surface area contributed by atoms with Crippen LogP contribution in [0.2, 0.25) is 0 Å². The molecule has 0 radical (unpaired) electrons. The smallest absolute Gasteiger partial charge is 0.343 e. The van der Waals surface area contributed by atoms with E-state index in [1.54, 1.807) is 48.5 Å². The van der Waals surface area contributed by atoms with Crippen LogP contribution in [-0.4, -0.2) is 50.4 Å². The number of ether oxygens (including phenoxy) is 5. The maximum Gasteiger partial charge on any atom is 0.343 e. The second-order valence-electron chi connectivity index (χ2n) is 11.2. The quantitative estimate of drug-likeness (QED) is 0.0469. The van der Waals surface area contributed by atoms with Crippen molar-refractivity contribution in [3.8, 4) is 11.5 Å². The van der Waals surface area contributed by atoms with Crippen LogP contribution in [0.1, 0.15) is 118 Å². The van der Waals surface area contributed by atoms with Gasteiger partial charge in [-0.05, 0) is 74.7 Å². The Kier molecular flexibility index (Phi) is 19.8. The van der Waals surface area contributed by atoms with E-state index in [9.17, 15) is 14.4 Å². The van der Waals surface area contributed by atoms with Crippen LogP contribution in [0.3, 0.4) is 0 Å². The van der Waals surface area contributed by atoms with Crippen molar-refractivity contribution in [1.82, 2.24) is 0 Å². The molecular weight excluding hydrogens is 572 g/mol. The van der Waals surface area contributed by atoms with Crippen molar-refractivity contribution in [2.45, 2.75) is 103 Å². The molecule has 8 heteroatoms. The van der Waals surface area contributed by atoms with Crippen molar-refractivity contribution < 1.29 is 38.1 Å². The monoisotopic (exact) mass is 624 g/mol. The van der Waals surface area contributed by atoms with Gasteiger partial charge in [0.25, 0.3) is 0 Å². The van der Waals surface area contributed by atoms with Crippen LogP contribution in [0.4, 0.5) is 0 Å². The molecule has 1 atom stereocenters. The van der Waals surface area contributed by atoms with Crippen molar-refractivity contribution in [3.63, 3.8) is 0 Å². The summed E-state index contributed by atoms with van der Waals surface area (Å²) in [6, 6.07) is 13.2. The SMILES string of the molecule is C=CC(=O)OCCCCCCCCCCCOc1ccc(C(=O)Oc2ccc(C(=O)OCC(C)OCCCCCC)cc2)cc1. The van der Waals surface area contributed by atoms with Crippen molar-refractivity contribution in [1.29, 1.82) is 0 Å². The van der Waals surface area contributed by atoms with Crippen molar-refractivity contribution in [2.24, 2.45) is 0 Å². The Morgan fingerprint density at radius 3 is 1.76 bits per heavy atom. The lowest BCUT2D eigenvalue weighted by Crippen LogP contribution is -2.19. The average Bonchev–Trinajstić information content (AvgIpc) is 3.06. The van der Waals surface area contributed by atoms with Gasteiger partial charge in [-0.25, -0.2) is 14.4 Å². The summed E-state index contributed by atoms with van der Waals surface area (Å²) in [4.78, 5) is 35.9. The van der Waals surface area contributed by atoms with Crippen molar-refractivity contribution in [3.05, 3.63) is 72.3 Å². The lowest BCUT2D eigenvalue weighted by molar-refractivity contribution is -0.137. The van der Waals surface area contributed by atoms with Gasteiger partial charge in [0.05, 0.1) is 30.4 Å². The van der Waals surface area contributed by atoms with Gasteiger partial charge >= 0.3 is 17.9 Å². The molecule has 248 valence electrons. The number of benzene rings is 2. The molecule has 0 aromatic heterocycles. The summed E-state index contributed by atoms with van der Waals surface area (Å²) < 4.78 is 27.3. The third kappa shape index (κ3) is 17.4. The maximum absolute atomic E-state index is 12.6. The van der Waals surface area contributed by atoms with Crippen LogP contribution in [0.25, 0.3) is 0 Å². The predicted octanol–water partition coefficient (Wildman–Crippen LogP) is 8.67. The summed E-state index contributed by atoms with van der Waals surface area (Å²) >= 11 is 0. The van der Waals surface area contributed by atoms with E-state index in [0.29, 0.717) is 42.4 Å². The van der Waals surface area contributed by atoms with E-state index in [0.717, 1.165) is 44.9 Å². The summed E-state index contributed by atoms with van der Waals surface area (Å²) in [5, 5.41) is 0. The van der Waals surface area contributed by atoms with Gasteiger partial charge in [-0.2, -0.15) is 0 Å². The minimum atomic E-state index is -0.488. The molecule has 0 fully saturated rings. The molecule has 8 nitrogen and oxygen atoms in total. The molecule has 2 rings (SSSR count). The molecule has 45 heavy (non-hydrogen) atoms. The second-order valence-corrected chi connectivity index (χ2v) is 11.2. The van der Waals surface area contributed by atoms with Gasteiger partial charge in [0.1, 0.15) is 18.1 Å². The Labute approximate surface area is 269 Å². The molecule has 0 aliphatic carbocycles. The van der Waals surface area contributed by atoms with E-state index in [4.69, 9.17) is 23.7 Å². The Balaban J connectivity index is 1.56. The van der Waals surface area contributed by atoms with E-state index in [2.05, 4.69) is 13.5 Å². The molecular formula is C37H52O8. The third-order valence-corrected chi connectivity index (χ3v) is 7.21. The number of esters is 3. The van der Waals surface area contributed by atoms with Gasteiger partial charge in [-0.3, -0.25) is 0 Å². The van der Waals surface area contributed by atoms with Gasteiger partial charge in [0.2, 0.25) is 0 Å². The van der Waals surface area contributed by atoms with Crippen LogP contribution in [0.15, 0.2) is 61.2 Å². The number of hydrogen-bond acceptors (Lipinski definition) is 8. The zero-order valence-electron chi connectivity index (χ0n) is 27.3. The summed E-state index contributed by atoms with van der Waals surface area (Å²) in [6.07, 6.45) is 15.6. The first-order valence-electron chi connectivity index (χ1n) is 16.6. The molecule has 2 aromatic carbocycles. The van der Waals surface area contributed by atoms with Crippen molar-refractivity contribution >= 4 is 17.9 Å². The number of hydrogen-bond donors (Lipinski definition) is 0. The Bertz CT molecular complexity index is 1110. The molecule has 0 saturated carbocycles. The highest BCUT2D eigenvalue weighted by molar-refractivity contribution is 5.92. The third-order valence-electron chi connectivity index (χ3n) is 7.21. The second kappa shape index (κ2) is 23.7. The molecule has 1 unspecified atom stereocenters. The summed E-state index contributed by atoms with van der Waals surface area (Å²) in [5.41, 5.74) is 0.788.